The summed E-state index contributed by atoms with van der Waals surface area (Å²) < 4.78 is 16.4. The Morgan fingerprint density at radius 1 is 1.04 bits per heavy atom. The first-order valence-electron chi connectivity index (χ1n) is 7.46. The molecule has 8 heteroatoms. The van der Waals surface area contributed by atoms with Crippen molar-refractivity contribution in [3.05, 3.63) is 64.5 Å². The summed E-state index contributed by atoms with van der Waals surface area (Å²) in [5.74, 6) is 1.89. The van der Waals surface area contributed by atoms with E-state index in [1.807, 2.05) is 12.1 Å². The number of methoxy groups -OCH3 is 1. The van der Waals surface area contributed by atoms with Gasteiger partial charge in [0.25, 0.3) is 11.6 Å². The highest BCUT2D eigenvalue weighted by Crippen LogP contribution is 2.26. The monoisotopic (exact) mass is 341 g/mol. The van der Waals surface area contributed by atoms with Crippen LogP contribution in [0, 0.1) is 10.1 Å². The lowest BCUT2D eigenvalue weighted by Crippen LogP contribution is -2.03. The molecule has 0 saturated heterocycles. The Kier molecular flexibility index (Phi) is 4.60. The van der Waals surface area contributed by atoms with Gasteiger partial charge in [-0.25, -0.2) is 0 Å². The fraction of sp³-hybridized carbons (Fsp3) is 0.176. The van der Waals surface area contributed by atoms with Crippen LogP contribution in [0.1, 0.15) is 18.9 Å². The molecule has 1 aromatic heterocycles. The number of rotatable bonds is 6. The van der Waals surface area contributed by atoms with Crippen LogP contribution in [0.5, 0.6) is 11.5 Å². The highest BCUT2D eigenvalue weighted by molar-refractivity contribution is 5.54. The van der Waals surface area contributed by atoms with E-state index in [1.54, 1.807) is 26.2 Å². The minimum atomic E-state index is -0.499. The van der Waals surface area contributed by atoms with Crippen molar-refractivity contribution in [1.29, 1.82) is 0 Å². The van der Waals surface area contributed by atoms with Gasteiger partial charge >= 0.3 is 0 Å². The molecule has 128 valence electrons. The summed E-state index contributed by atoms with van der Waals surface area (Å²) in [7, 11) is 1.59. The summed E-state index contributed by atoms with van der Waals surface area (Å²) in [6, 6.07) is 13.0. The lowest BCUT2D eigenvalue weighted by molar-refractivity contribution is -0.384. The number of nitro groups is 1. The molecular weight excluding hydrogens is 326 g/mol. The molecule has 0 bridgehead atoms. The van der Waals surface area contributed by atoms with E-state index in [-0.39, 0.29) is 5.69 Å². The molecule has 0 unspecified atom stereocenters. The number of nitrogens with zero attached hydrogens (tertiary/aromatic N) is 3. The molecule has 0 fully saturated rings. The fourth-order valence-corrected chi connectivity index (χ4v) is 2.15. The molecule has 0 spiro atoms. The van der Waals surface area contributed by atoms with Crippen LogP contribution in [0.3, 0.4) is 0 Å². The third kappa shape index (κ3) is 3.74. The van der Waals surface area contributed by atoms with Crippen LogP contribution in [-0.4, -0.2) is 22.2 Å². The Labute approximate surface area is 143 Å². The van der Waals surface area contributed by atoms with E-state index < -0.39 is 11.0 Å². The summed E-state index contributed by atoms with van der Waals surface area (Å²) in [5, 5.41) is 18.7. The smallest absolute Gasteiger partial charge is 0.269 e. The highest BCUT2D eigenvalue weighted by atomic mass is 16.6. The number of non-ortho nitro benzene ring substituents is 1. The van der Waals surface area contributed by atoms with E-state index in [0.29, 0.717) is 17.5 Å². The van der Waals surface area contributed by atoms with Crippen LogP contribution in [-0.2, 0) is 0 Å². The first kappa shape index (κ1) is 16.4. The third-order valence-corrected chi connectivity index (χ3v) is 3.49. The molecule has 0 aliphatic carbocycles. The summed E-state index contributed by atoms with van der Waals surface area (Å²) in [6.07, 6.45) is -0.499. The maximum absolute atomic E-state index is 10.7. The molecule has 0 aliphatic rings. The van der Waals surface area contributed by atoms with Gasteiger partial charge in [-0.15, -0.1) is 10.2 Å². The molecule has 0 radical (unpaired) electrons. The lowest BCUT2D eigenvalue weighted by Gasteiger charge is -2.10. The van der Waals surface area contributed by atoms with Crippen LogP contribution >= 0.6 is 0 Å². The third-order valence-electron chi connectivity index (χ3n) is 3.49. The molecule has 0 saturated carbocycles. The quantitative estimate of drug-likeness (QED) is 0.496. The Bertz CT molecular complexity index is 859. The Morgan fingerprint density at radius 3 is 2.28 bits per heavy atom. The van der Waals surface area contributed by atoms with Crippen molar-refractivity contribution in [3.63, 3.8) is 0 Å². The maximum atomic E-state index is 10.7. The molecule has 0 aliphatic heterocycles. The van der Waals surface area contributed by atoms with E-state index >= 15 is 0 Å². The molecule has 25 heavy (non-hydrogen) atoms. The molecule has 1 atom stereocenters. The molecule has 1 heterocycles. The largest absolute Gasteiger partial charge is 0.497 e. The van der Waals surface area contributed by atoms with Gasteiger partial charge in [-0.3, -0.25) is 10.1 Å². The topological polar surface area (TPSA) is 101 Å². The standard InChI is InChI=1S/C17H15N3O5/c1-11(24-15-9-5-13(6-10-15)20(21)22)16-18-19-17(25-16)12-3-7-14(23-2)8-4-12/h3-11H,1-2H3/t11-/m0/s1. The summed E-state index contributed by atoms with van der Waals surface area (Å²) in [4.78, 5) is 10.2. The van der Waals surface area contributed by atoms with Gasteiger partial charge in [0.15, 0.2) is 6.10 Å². The Hall–Kier alpha value is -3.42. The van der Waals surface area contributed by atoms with Crippen molar-refractivity contribution >= 4 is 5.69 Å². The van der Waals surface area contributed by atoms with Crippen LogP contribution in [0.4, 0.5) is 5.69 Å². The van der Waals surface area contributed by atoms with Gasteiger partial charge in [-0.05, 0) is 43.3 Å². The van der Waals surface area contributed by atoms with Crippen LogP contribution in [0.2, 0.25) is 0 Å². The summed E-state index contributed by atoms with van der Waals surface area (Å²) >= 11 is 0. The Balaban J connectivity index is 1.71. The highest BCUT2D eigenvalue weighted by Gasteiger charge is 2.17. The maximum Gasteiger partial charge on any atom is 0.269 e. The van der Waals surface area contributed by atoms with Gasteiger partial charge < -0.3 is 13.9 Å². The van der Waals surface area contributed by atoms with Gasteiger partial charge in [0.05, 0.1) is 12.0 Å². The average Bonchev–Trinajstić information content (AvgIpc) is 3.12. The van der Waals surface area contributed by atoms with Crippen LogP contribution in [0.15, 0.2) is 52.9 Å². The summed E-state index contributed by atoms with van der Waals surface area (Å²) in [6.45, 7) is 1.76. The first-order chi connectivity index (χ1) is 12.1. The van der Waals surface area contributed by atoms with E-state index in [4.69, 9.17) is 13.9 Å². The minimum absolute atomic E-state index is 0.000384. The second kappa shape index (κ2) is 7.00. The van der Waals surface area contributed by atoms with Crippen molar-refractivity contribution in [2.24, 2.45) is 0 Å². The second-order valence-electron chi connectivity index (χ2n) is 5.19. The van der Waals surface area contributed by atoms with Crippen molar-refractivity contribution in [1.82, 2.24) is 10.2 Å². The van der Waals surface area contributed by atoms with Crippen LogP contribution < -0.4 is 9.47 Å². The normalized spacial score (nSPS) is 11.8. The molecule has 3 rings (SSSR count). The predicted octanol–water partition coefficient (Wildman–Crippen LogP) is 3.79. The zero-order valence-corrected chi connectivity index (χ0v) is 13.6. The average molecular weight is 341 g/mol. The lowest BCUT2D eigenvalue weighted by atomic mass is 10.2. The number of nitro benzene ring substituents is 1. The van der Waals surface area contributed by atoms with Gasteiger partial charge in [0.2, 0.25) is 5.89 Å². The number of benzene rings is 2. The Morgan fingerprint density at radius 2 is 1.68 bits per heavy atom. The van der Waals surface area contributed by atoms with E-state index in [0.717, 1.165) is 11.3 Å². The van der Waals surface area contributed by atoms with E-state index in [2.05, 4.69) is 10.2 Å². The number of ether oxygens (including phenoxy) is 2. The van der Waals surface area contributed by atoms with Gasteiger partial charge in [-0.1, -0.05) is 0 Å². The number of aromatic nitrogens is 2. The molecular formula is C17H15N3O5. The van der Waals surface area contributed by atoms with Crippen molar-refractivity contribution < 1.29 is 18.8 Å². The van der Waals surface area contributed by atoms with Gasteiger partial charge in [0, 0.05) is 17.7 Å². The number of hydrogen-bond acceptors (Lipinski definition) is 7. The van der Waals surface area contributed by atoms with Gasteiger partial charge in [0.1, 0.15) is 11.5 Å². The zero-order chi connectivity index (χ0) is 17.8. The fourth-order valence-electron chi connectivity index (χ4n) is 2.15. The zero-order valence-electron chi connectivity index (χ0n) is 13.6. The molecule has 0 N–H and O–H groups in total. The van der Waals surface area contributed by atoms with E-state index in [1.165, 1.54) is 24.3 Å². The molecule has 0 amide bonds. The number of hydrogen-bond donors (Lipinski definition) is 0. The molecule has 3 aromatic rings. The predicted molar refractivity (Wildman–Crippen MR) is 88.4 cm³/mol. The van der Waals surface area contributed by atoms with Crippen molar-refractivity contribution in [2.45, 2.75) is 13.0 Å². The second-order valence-corrected chi connectivity index (χ2v) is 5.19. The molecule has 2 aromatic carbocycles. The van der Waals surface area contributed by atoms with Crippen molar-refractivity contribution in [3.8, 4) is 23.0 Å². The summed E-state index contributed by atoms with van der Waals surface area (Å²) in [5.41, 5.74) is 0.765. The van der Waals surface area contributed by atoms with Gasteiger partial charge in [-0.2, -0.15) is 0 Å². The first-order valence-corrected chi connectivity index (χ1v) is 7.46. The molecule has 8 nitrogen and oxygen atoms in total. The van der Waals surface area contributed by atoms with E-state index in [9.17, 15) is 10.1 Å². The SMILES string of the molecule is COc1ccc(-c2nnc([C@H](C)Oc3ccc([N+](=O)[O-])cc3)o2)cc1. The minimum Gasteiger partial charge on any atom is -0.497 e. The van der Waals surface area contributed by atoms with Crippen LogP contribution in [0.25, 0.3) is 11.5 Å². The van der Waals surface area contributed by atoms with Crippen molar-refractivity contribution in [2.75, 3.05) is 7.11 Å².